The highest BCUT2D eigenvalue weighted by atomic mass is 32.2. The number of nitrogens with one attached hydrogen (secondary N) is 1. The second-order valence-electron chi connectivity index (χ2n) is 7.83. The van der Waals surface area contributed by atoms with Gasteiger partial charge in [-0.2, -0.15) is 0 Å². The SMILES string of the molecule is CS(=O)(=O)c1ccc2c(c1CCC1CCN(Cc3ccc[nH]c3=O)CC1)OCO2. The lowest BCUT2D eigenvalue weighted by atomic mass is 9.90. The van der Waals surface area contributed by atoms with E-state index in [4.69, 9.17) is 9.47 Å². The smallest absolute Gasteiger partial charge is 0.252 e. The molecule has 0 saturated carbocycles. The third kappa shape index (κ3) is 4.48. The molecule has 2 aromatic rings. The van der Waals surface area contributed by atoms with Crippen LogP contribution < -0.4 is 15.0 Å². The molecule has 0 aliphatic carbocycles. The van der Waals surface area contributed by atoms with E-state index in [1.807, 2.05) is 12.1 Å². The topological polar surface area (TPSA) is 88.7 Å². The van der Waals surface area contributed by atoms with Crippen LogP contribution in [0.25, 0.3) is 0 Å². The number of hydrogen-bond acceptors (Lipinski definition) is 6. The maximum atomic E-state index is 12.2. The highest BCUT2D eigenvalue weighted by molar-refractivity contribution is 7.90. The van der Waals surface area contributed by atoms with Gasteiger partial charge < -0.3 is 14.5 Å². The van der Waals surface area contributed by atoms with Crippen LogP contribution in [0.4, 0.5) is 0 Å². The van der Waals surface area contributed by atoms with Crippen molar-refractivity contribution in [1.82, 2.24) is 9.88 Å². The van der Waals surface area contributed by atoms with Gasteiger partial charge in [0.2, 0.25) is 6.79 Å². The molecule has 2 aliphatic rings. The van der Waals surface area contributed by atoms with Gasteiger partial charge in [-0.15, -0.1) is 0 Å². The number of nitrogens with zero attached hydrogens (tertiary/aromatic N) is 1. The summed E-state index contributed by atoms with van der Waals surface area (Å²) in [5.41, 5.74) is 1.50. The normalized spacial score (nSPS) is 17.6. The van der Waals surface area contributed by atoms with Crippen LogP contribution in [0.3, 0.4) is 0 Å². The molecule has 4 rings (SSSR count). The van der Waals surface area contributed by atoms with Crippen molar-refractivity contribution in [2.75, 3.05) is 26.1 Å². The zero-order valence-electron chi connectivity index (χ0n) is 16.5. The first-order valence-electron chi connectivity index (χ1n) is 9.92. The maximum Gasteiger partial charge on any atom is 0.252 e. The van der Waals surface area contributed by atoms with Gasteiger partial charge in [0.1, 0.15) is 0 Å². The van der Waals surface area contributed by atoms with E-state index < -0.39 is 9.84 Å². The van der Waals surface area contributed by atoms with Crippen molar-refractivity contribution >= 4 is 9.84 Å². The Labute approximate surface area is 170 Å². The fraction of sp³-hybridized carbons (Fsp3) is 0.476. The van der Waals surface area contributed by atoms with Crippen molar-refractivity contribution in [2.24, 2.45) is 5.92 Å². The quantitative estimate of drug-likeness (QED) is 0.775. The predicted octanol–water partition coefficient (Wildman–Crippen LogP) is 2.35. The molecule has 1 saturated heterocycles. The van der Waals surface area contributed by atoms with Crippen molar-refractivity contribution in [3.05, 3.63) is 51.9 Å². The fourth-order valence-corrected chi connectivity index (χ4v) is 5.16. The van der Waals surface area contributed by atoms with Crippen LogP contribution >= 0.6 is 0 Å². The summed E-state index contributed by atoms with van der Waals surface area (Å²) in [7, 11) is -3.33. The molecule has 7 nitrogen and oxygen atoms in total. The van der Waals surface area contributed by atoms with Gasteiger partial charge in [0.05, 0.1) is 4.90 Å². The highest BCUT2D eigenvalue weighted by Crippen LogP contribution is 2.40. The molecule has 1 aromatic heterocycles. The van der Waals surface area contributed by atoms with Crippen LogP contribution in [0, 0.1) is 5.92 Å². The molecule has 0 radical (unpaired) electrons. The Morgan fingerprint density at radius 2 is 1.97 bits per heavy atom. The average Bonchev–Trinajstić information content (AvgIpc) is 3.17. The number of H-pyrrole nitrogens is 1. The van der Waals surface area contributed by atoms with Gasteiger partial charge in [-0.1, -0.05) is 6.07 Å². The van der Waals surface area contributed by atoms with E-state index in [0.717, 1.165) is 43.5 Å². The summed E-state index contributed by atoms with van der Waals surface area (Å²) in [6.07, 6.45) is 6.51. The molecule has 3 heterocycles. The minimum absolute atomic E-state index is 0.0249. The fourth-order valence-electron chi connectivity index (χ4n) is 4.20. The largest absolute Gasteiger partial charge is 0.454 e. The summed E-state index contributed by atoms with van der Waals surface area (Å²) in [4.78, 5) is 17.2. The summed E-state index contributed by atoms with van der Waals surface area (Å²) < 4.78 is 35.4. The molecule has 2 aliphatic heterocycles. The van der Waals surface area contributed by atoms with E-state index in [9.17, 15) is 13.2 Å². The summed E-state index contributed by atoms with van der Waals surface area (Å²) in [5, 5.41) is 0. The molecule has 0 atom stereocenters. The molecule has 0 amide bonds. The molecule has 0 bridgehead atoms. The first-order chi connectivity index (χ1) is 13.9. The number of rotatable bonds is 6. The van der Waals surface area contributed by atoms with E-state index in [2.05, 4.69) is 9.88 Å². The Morgan fingerprint density at radius 1 is 1.17 bits per heavy atom. The van der Waals surface area contributed by atoms with E-state index in [0.29, 0.717) is 35.3 Å². The molecular formula is C21H26N2O5S. The molecule has 29 heavy (non-hydrogen) atoms. The summed E-state index contributed by atoms with van der Waals surface area (Å²) in [5.74, 6) is 1.72. The van der Waals surface area contributed by atoms with Crippen LogP contribution in [0.15, 0.2) is 40.2 Å². The molecule has 0 unspecified atom stereocenters. The number of ether oxygens (including phenoxy) is 2. The van der Waals surface area contributed by atoms with Gasteiger partial charge in [0, 0.05) is 30.1 Å². The number of hydrogen-bond donors (Lipinski definition) is 1. The van der Waals surface area contributed by atoms with Crippen LogP contribution in [0.5, 0.6) is 11.5 Å². The van der Waals surface area contributed by atoms with Gasteiger partial charge in [0.25, 0.3) is 5.56 Å². The number of likely N-dealkylation sites (tertiary alicyclic amines) is 1. The summed E-state index contributed by atoms with van der Waals surface area (Å²) >= 11 is 0. The van der Waals surface area contributed by atoms with Gasteiger partial charge >= 0.3 is 0 Å². The van der Waals surface area contributed by atoms with E-state index >= 15 is 0 Å². The van der Waals surface area contributed by atoms with Gasteiger partial charge in [-0.05, 0) is 62.9 Å². The van der Waals surface area contributed by atoms with Crippen molar-refractivity contribution in [2.45, 2.75) is 37.1 Å². The molecule has 1 aromatic carbocycles. The van der Waals surface area contributed by atoms with Crippen LogP contribution in [0.1, 0.15) is 30.4 Å². The number of pyridine rings is 1. The summed E-state index contributed by atoms with van der Waals surface area (Å²) in [6, 6.07) is 7.02. The standard InChI is InChI=1S/C21H26N2O5S/c1-29(25,26)19-7-6-18-20(28-14-27-18)17(19)5-4-15-8-11-23(12-9-15)13-16-3-2-10-22-21(16)24/h2-3,6-7,10,15H,4-5,8-9,11-14H2,1H3,(H,22,24). The first-order valence-corrected chi connectivity index (χ1v) is 11.8. The second kappa shape index (κ2) is 8.20. The Hall–Kier alpha value is -2.32. The minimum atomic E-state index is -3.33. The number of piperidine rings is 1. The van der Waals surface area contributed by atoms with Gasteiger partial charge in [-0.25, -0.2) is 8.42 Å². The number of aromatic amines is 1. The van der Waals surface area contributed by atoms with Crippen LogP contribution in [-0.4, -0.2) is 44.4 Å². The lowest BCUT2D eigenvalue weighted by Gasteiger charge is -2.32. The Kier molecular flexibility index (Phi) is 5.65. The van der Waals surface area contributed by atoms with E-state index in [-0.39, 0.29) is 12.4 Å². The zero-order chi connectivity index (χ0) is 20.4. The minimum Gasteiger partial charge on any atom is -0.454 e. The molecule has 0 spiro atoms. The Balaban J connectivity index is 1.38. The monoisotopic (exact) mass is 418 g/mol. The highest BCUT2D eigenvalue weighted by Gasteiger charge is 2.26. The molecular weight excluding hydrogens is 392 g/mol. The van der Waals surface area contributed by atoms with Crippen molar-refractivity contribution in [3.8, 4) is 11.5 Å². The van der Waals surface area contributed by atoms with Crippen LogP contribution in [-0.2, 0) is 22.8 Å². The molecule has 1 N–H and O–H groups in total. The maximum absolute atomic E-state index is 12.2. The number of aromatic nitrogens is 1. The molecule has 1 fully saturated rings. The second-order valence-corrected chi connectivity index (χ2v) is 9.82. The average molecular weight is 419 g/mol. The number of benzene rings is 1. The summed E-state index contributed by atoms with van der Waals surface area (Å²) in [6.45, 7) is 2.67. The molecule has 156 valence electrons. The number of fused-ring (bicyclic) bond motifs is 1. The number of sulfone groups is 1. The third-order valence-electron chi connectivity index (χ3n) is 5.80. The lowest BCUT2D eigenvalue weighted by Crippen LogP contribution is -2.35. The zero-order valence-corrected chi connectivity index (χ0v) is 17.3. The predicted molar refractivity (Wildman–Crippen MR) is 109 cm³/mol. The van der Waals surface area contributed by atoms with Crippen molar-refractivity contribution in [3.63, 3.8) is 0 Å². The first kappa shape index (κ1) is 20.0. The van der Waals surface area contributed by atoms with Gasteiger partial charge in [0.15, 0.2) is 21.3 Å². The van der Waals surface area contributed by atoms with Gasteiger partial charge in [-0.3, -0.25) is 9.69 Å². The lowest BCUT2D eigenvalue weighted by molar-refractivity contribution is 0.169. The van der Waals surface area contributed by atoms with Crippen molar-refractivity contribution in [1.29, 1.82) is 0 Å². The Bertz CT molecular complexity index is 1040. The van der Waals surface area contributed by atoms with Crippen molar-refractivity contribution < 1.29 is 17.9 Å². The third-order valence-corrected chi connectivity index (χ3v) is 6.98. The van der Waals surface area contributed by atoms with Crippen LogP contribution in [0.2, 0.25) is 0 Å². The van der Waals surface area contributed by atoms with E-state index in [1.165, 1.54) is 6.26 Å². The Morgan fingerprint density at radius 3 is 2.69 bits per heavy atom. The van der Waals surface area contributed by atoms with E-state index in [1.54, 1.807) is 18.3 Å². The molecule has 8 heteroatoms.